The van der Waals surface area contributed by atoms with Crippen molar-refractivity contribution in [3.63, 3.8) is 0 Å². The zero-order valence-electron chi connectivity index (χ0n) is 16.3. The Labute approximate surface area is 159 Å². The number of rotatable bonds is 5. The molecule has 1 aromatic heterocycles. The molecule has 1 unspecified atom stereocenters. The van der Waals surface area contributed by atoms with Crippen LogP contribution >= 0.6 is 0 Å². The molecule has 2 heterocycles. The fourth-order valence-electron chi connectivity index (χ4n) is 3.96. The van der Waals surface area contributed by atoms with Crippen LogP contribution in [0.2, 0.25) is 0 Å². The summed E-state index contributed by atoms with van der Waals surface area (Å²) in [6.45, 7) is 8.65. The first kappa shape index (κ1) is 19.2. The van der Waals surface area contributed by atoms with Gasteiger partial charge in [0.2, 0.25) is 0 Å². The number of carbonyl (C=O) groups excluding carboxylic acids is 1. The number of aliphatic carboxylic acids is 1. The highest BCUT2D eigenvalue weighted by molar-refractivity contribution is 5.96. The van der Waals surface area contributed by atoms with E-state index in [0.717, 1.165) is 28.2 Å². The van der Waals surface area contributed by atoms with E-state index in [1.807, 2.05) is 33.8 Å². The second-order valence-electron chi connectivity index (χ2n) is 7.57. The molecule has 27 heavy (non-hydrogen) atoms. The summed E-state index contributed by atoms with van der Waals surface area (Å²) in [6.07, 6.45) is 0.357. The summed E-state index contributed by atoms with van der Waals surface area (Å²) in [5.41, 5.74) is 4.84. The van der Waals surface area contributed by atoms with Crippen molar-refractivity contribution < 1.29 is 19.4 Å². The summed E-state index contributed by atoms with van der Waals surface area (Å²) in [7, 11) is 0. The maximum atomic E-state index is 13.0. The monoisotopic (exact) mass is 370 g/mol. The van der Waals surface area contributed by atoms with E-state index in [-0.39, 0.29) is 18.9 Å². The average Bonchev–Trinajstić information content (AvgIpc) is 3.10. The van der Waals surface area contributed by atoms with Crippen molar-refractivity contribution in [3.8, 4) is 5.69 Å². The number of amides is 1. The van der Waals surface area contributed by atoms with E-state index in [1.165, 1.54) is 0 Å². The molecule has 1 saturated heterocycles. The van der Waals surface area contributed by atoms with Crippen LogP contribution in [0.15, 0.2) is 24.3 Å². The molecule has 1 amide bonds. The minimum atomic E-state index is -0.943. The van der Waals surface area contributed by atoms with Crippen molar-refractivity contribution in [2.75, 3.05) is 13.2 Å². The van der Waals surface area contributed by atoms with Crippen LogP contribution in [-0.2, 0) is 9.53 Å². The van der Waals surface area contributed by atoms with E-state index in [1.54, 1.807) is 0 Å². The number of carbonyl (C=O) groups is 2. The van der Waals surface area contributed by atoms with Gasteiger partial charge in [0.25, 0.3) is 5.91 Å². The first-order chi connectivity index (χ1) is 12.7. The van der Waals surface area contributed by atoms with Crippen LogP contribution < -0.4 is 5.32 Å². The molecule has 3 rings (SSSR count). The van der Waals surface area contributed by atoms with Crippen LogP contribution in [-0.4, -0.2) is 40.3 Å². The van der Waals surface area contributed by atoms with Gasteiger partial charge in [0.15, 0.2) is 0 Å². The molecule has 1 aliphatic rings. The van der Waals surface area contributed by atoms with Crippen molar-refractivity contribution >= 4 is 11.9 Å². The van der Waals surface area contributed by atoms with Crippen LogP contribution in [0, 0.1) is 27.7 Å². The van der Waals surface area contributed by atoms with Gasteiger partial charge in [-0.2, -0.15) is 0 Å². The number of hydrogen-bond acceptors (Lipinski definition) is 3. The molecule has 6 nitrogen and oxygen atoms in total. The molecule has 0 spiro atoms. The summed E-state index contributed by atoms with van der Waals surface area (Å²) in [5.74, 6) is -1.20. The van der Waals surface area contributed by atoms with Gasteiger partial charge < -0.3 is 19.7 Å². The number of aryl methyl sites for hydroxylation is 3. The van der Waals surface area contributed by atoms with E-state index < -0.39 is 11.5 Å². The van der Waals surface area contributed by atoms with Crippen LogP contribution in [0.4, 0.5) is 0 Å². The standard InChI is InChI=1S/C21H26N2O4/c1-13-7-14(2)9-17(8-13)23-15(3)10-18(16(23)4)20(26)22-21(11-19(24)25)5-6-27-12-21/h7-10H,5-6,11-12H2,1-4H3,(H,22,26)(H,24,25). The molecule has 6 heteroatoms. The van der Waals surface area contributed by atoms with Crippen molar-refractivity contribution in [3.05, 3.63) is 52.3 Å². The van der Waals surface area contributed by atoms with Gasteiger partial charge in [-0.15, -0.1) is 0 Å². The fraction of sp³-hybridized carbons (Fsp3) is 0.429. The van der Waals surface area contributed by atoms with Crippen molar-refractivity contribution in [2.45, 2.75) is 46.1 Å². The van der Waals surface area contributed by atoms with Gasteiger partial charge in [0.05, 0.1) is 24.1 Å². The Hall–Kier alpha value is -2.60. The first-order valence-electron chi connectivity index (χ1n) is 9.10. The predicted molar refractivity (Wildman–Crippen MR) is 103 cm³/mol. The van der Waals surface area contributed by atoms with Gasteiger partial charge in [-0.1, -0.05) is 6.07 Å². The van der Waals surface area contributed by atoms with Gasteiger partial charge >= 0.3 is 5.97 Å². The number of aromatic nitrogens is 1. The van der Waals surface area contributed by atoms with E-state index in [2.05, 4.69) is 28.1 Å². The lowest BCUT2D eigenvalue weighted by atomic mass is 9.93. The van der Waals surface area contributed by atoms with E-state index in [0.29, 0.717) is 18.6 Å². The maximum absolute atomic E-state index is 13.0. The van der Waals surface area contributed by atoms with Crippen molar-refractivity contribution in [2.24, 2.45) is 0 Å². The molecule has 1 atom stereocenters. The number of nitrogens with one attached hydrogen (secondary N) is 1. The molecule has 0 aliphatic carbocycles. The number of benzene rings is 1. The molecule has 0 radical (unpaired) electrons. The Bertz CT molecular complexity index is 872. The van der Waals surface area contributed by atoms with Crippen molar-refractivity contribution in [1.29, 1.82) is 0 Å². The molecule has 0 saturated carbocycles. The Kier molecular flexibility index (Phi) is 5.11. The minimum Gasteiger partial charge on any atom is -0.481 e. The molecule has 1 aromatic carbocycles. The van der Waals surface area contributed by atoms with E-state index in [9.17, 15) is 14.7 Å². The van der Waals surface area contributed by atoms with Gasteiger partial charge in [-0.3, -0.25) is 9.59 Å². The number of carboxylic acid groups (broad SMARTS) is 1. The number of ether oxygens (including phenoxy) is 1. The van der Waals surface area contributed by atoms with Crippen LogP contribution in [0.5, 0.6) is 0 Å². The maximum Gasteiger partial charge on any atom is 0.305 e. The molecule has 2 N–H and O–H groups in total. The van der Waals surface area contributed by atoms with Gasteiger partial charge in [0.1, 0.15) is 0 Å². The molecular weight excluding hydrogens is 344 g/mol. The molecule has 1 fully saturated rings. The lowest BCUT2D eigenvalue weighted by Crippen LogP contribution is -2.50. The highest BCUT2D eigenvalue weighted by Crippen LogP contribution is 2.26. The lowest BCUT2D eigenvalue weighted by Gasteiger charge is -2.27. The van der Waals surface area contributed by atoms with E-state index in [4.69, 9.17) is 4.74 Å². The van der Waals surface area contributed by atoms with Crippen LogP contribution in [0.1, 0.15) is 45.7 Å². The third kappa shape index (κ3) is 3.90. The second-order valence-corrected chi connectivity index (χ2v) is 7.57. The number of carboxylic acids is 1. The topological polar surface area (TPSA) is 80.6 Å². The first-order valence-corrected chi connectivity index (χ1v) is 9.10. The number of hydrogen-bond donors (Lipinski definition) is 2. The van der Waals surface area contributed by atoms with Crippen LogP contribution in [0.3, 0.4) is 0 Å². The molecule has 0 bridgehead atoms. The SMILES string of the molecule is Cc1cc(C)cc(-n2c(C)cc(C(=O)NC3(CC(=O)O)CCOC3)c2C)c1. The van der Waals surface area contributed by atoms with Gasteiger partial charge in [-0.25, -0.2) is 0 Å². The fourth-order valence-corrected chi connectivity index (χ4v) is 3.96. The number of nitrogens with zero attached hydrogens (tertiary/aromatic N) is 1. The normalized spacial score (nSPS) is 19.3. The summed E-state index contributed by atoms with van der Waals surface area (Å²) in [6, 6.07) is 8.14. The van der Waals surface area contributed by atoms with Crippen molar-refractivity contribution in [1.82, 2.24) is 9.88 Å². The Morgan fingerprint density at radius 2 is 1.81 bits per heavy atom. The Morgan fingerprint density at radius 1 is 1.15 bits per heavy atom. The highest BCUT2D eigenvalue weighted by Gasteiger charge is 2.39. The zero-order chi connectivity index (χ0) is 19.8. The molecular formula is C21H26N2O4. The van der Waals surface area contributed by atoms with Gasteiger partial charge in [-0.05, 0) is 63.4 Å². The Balaban J connectivity index is 1.93. The quantitative estimate of drug-likeness (QED) is 0.848. The minimum absolute atomic E-state index is 0.144. The lowest BCUT2D eigenvalue weighted by molar-refractivity contribution is -0.138. The van der Waals surface area contributed by atoms with Crippen LogP contribution in [0.25, 0.3) is 5.69 Å². The molecule has 144 valence electrons. The second kappa shape index (κ2) is 7.19. The molecule has 1 aliphatic heterocycles. The summed E-state index contributed by atoms with van der Waals surface area (Å²) in [4.78, 5) is 24.2. The summed E-state index contributed by atoms with van der Waals surface area (Å²) < 4.78 is 7.43. The summed E-state index contributed by atoms with van der Waals surface area (Å²) >= 11 is 0. The van der Waals surface area contributed by atoms with E-state index >= 15 is 0 Å². The average molecular weight is 370 g/mol. The Morgan fingerprint density at radius 3 is 2.37 bits per heavy atom. The summed E-state index contributed by atoms with van der Waals surface area (Å²) in [5, 5.41) is 12.2. The predicted octanol–water partition coefficient (Wildman–Crippen LogP) is 3.07. The largest absolute Gasteiger partial charge is 0.481 e. The van der Waals surface area contributed by atoms with Gasteiger partial charge in [0, 0.05) is 23.7 Å². The third-order valence-corrected chi connectivity index (χ3v) is 5.11. The zero-order valence-corrected chi connectivity index (χ0v) is 16.3. The smallest absolute Gasteiger partial charge is 0.305 e. The third-order valence-electron chi connectivity index (χ3n) is 5.11. The highest BCUT2D eigenvalue weighted by atomic mass is 16.5. The molecule has 2 aromatic rings.